The number of piperidine rings is 2. The maximum Gasteiger partial charge on any atom is 0.227 e. The van der Waals surface area contributed by atoms with Crippen LogP contribution in [-0.4, -0.2) is 71.8 Å². The predicted octanol–water partition coefficient (Wildman–Crippen LogP) is 1.89. The summed E-state index contributed by atoms with van der Waals surface area (Å²) >= 11 is 0. The van der Waals surface area contributed by atoms with E-state index < -0.39 is 0 Å². The first-order chi connectivity index (χ1) is 12.2. The van der Waals surface area contributed by atoms with Crippen molar-refractivity contribution in [1.82, 2.24) is 14.7 Å². The molecule has 2 saturated heterocycles. The highest BCUT2D eigenvalue weighted by molar-refractivity contribution is 5.81. The molecule has 0 aromatic heterocycles. The van der Waals surface area contributed by atoms with Crippen molar-refractivity contribution in [2.75, 3.05) is 39.3 Å². The Morgan fingerprint density at radius 2 is 1.52 bits per heavy atom. The lowest BCUT2D eigenvalue weighted by Crippen LogP contribution is -2.52. The van der Waals surface area contributed by atoms with Crippen LogP contribution in [0.15, 0.2) is 12.2 Å². The standard InChI is InChI=1S/C20H31N3O2/c24-19(16-6-7-16)22-13-8-18(9-14-22)23-12-4-5-17(15-23)20(25)21-10-2-1-3-11-21/h1-2,16-18H,3-15H2/t17-/m0/s1. The topological polar surface area (TPSA) is 43.9 Å². The summed E-state index contributed by atoms with van der Waals surface area (Å²) in [5.74, 6) is 1.26. The Morgan fingerprint density at radius 3 is 2.20 bits per heavy atom. The normalized spacial score (nSPS) is 29.0. The molecule has 1 atom stereocenters. The molecule has 0 aromatic rings. The molecule has 4 rings (SSSR count). The quantitative estimate of drug-likeness (QED) is 0.734. The second-order valence-corrected chi connectivity index (χ2v) is 8.21. The highest BCUT2D eigenvalue weighted by Gasteiger charge is 2.37. The number of hydrogen-bond donors (Lipinski definition) is 0. The second-order valence-electron chi connectivity index (χ2n) is 8.21. The molecular formula is C20H31N3O2. The van der Waals surface area contributed by atoms with Crippen molar-refractivity contribution in [3.8, 4) is 0 Å². The zero-order chi connectivity index (χ0) is 17.2. The maximum atomic E-state index is 12.8. The van der Waals surface area contributed by atoms with E-state index in [-0.39, 0.29) is 5.92 Å². The van der Waals surface area contributed by atoms with Crippen LogP contribution in [0.3, 0.4) is 0 Å². The fraction of sp³-hybridized carbons (Fsp3) is 0.800. The molecule has 4 aliphatic rings. The van der Waals surface area contributed by atoms with E-state index in [1.54, 1.807) is 0 Å². The summed E-state index contributed by atoms with van der Waals surface area (Å²) in [6.07, 6.45) is 11.8. The van der Waals surface area contributed by atoms with Gasteiger partial charge in [0.05, 0.1) is 5.92 Å². The SMILES string of the molecule is O=C(C1CC1)N1CCC(N2CCC[C@H](C(=O)N3CC=CCC3)C2)CC1. The van der Waals surface area contributed by atoms with Crippen LogP contribution in [0.1, 0.15) is 44.9 Å². The van der Waals surface area contributed by atoms with E-state index in [1.165, 1.54) is 0 Å². The Kier molecular flexibility index (Phi) is 5.11. The van der Waals surface area contributed by atoms with Gasteiger partial charge in [-0.3, -0.25) is 14.5 Å². The van der Waals surface area contributed by atoms with Crippen LogP contribution in [0.25, 0.3) is 0 Å². The maximum absolute atomic E-state index is 12.8. The summed E-state index contributed by atoms with van der Waals surface area (Å²) in [4.78, 5) is 31.7. The number of carbonyl (C=O) groups excluding carboxylic acids is 2. The van der Waals surface area contributed by atoms with Crippen LogP contribution < -0.4 is 0 Å². The summed E-state index contributed by atoms with van der Waals surface area (Å²) in [6, 6.07) is 0.556. The number of likely N-dealkylation sites (tertiary alicyclic amines) is 2. The van der Waals surface area contributed by atoms with Crippen LogP contribution in [0.5, 0.6) is 0 Å². The van der Waals surface area contributed by atoms with Crippen LogP contribution >= 0.6 is 0 Å². The summed E-state index contributed by atoms with van der Waals surface area (Å²) in [7, 11) is 0. The average Bonchev–Trinajstić information content (AvgIpc) is 3.53. The monoisotopic (exact) mass is 345 g/mol. The minimum atomic E-state index is 0.173. The zero-order valence-electron chi connectivity index (χ0n) is 15.2. The molecule has 2 amide bonds. The molecule has 3 fully saturated rings. The molecule has 0 unspecified atom stereocenters. The minimum absolute atomic E-state index is 0.173. The van der Waals surface area contributed by atoms with Gasteiger partial charge in [-0.2, -0.15) is 0 Å². The second kappa shape index (κ2) is 7.48. The van der Waals surface area contributed by atoms with E-state index in [1.807, 2.05) is 4.90 Å². The lowest BCUT2D eigenvalue weighted by Gasteiger charge is -2.43. The molecule has 0 bridgehead atoms. The van der Waals surface area contributed by atoms with Gasteiger partial charge < -0.3 is 9.80 Å². The van der Waals surface area contributed by atoms with Crippen molar-refractivity contribution in [2.24, 2.45) is 11.8 Å². The highest BCUT2D eigenvalue weighted by atomic mass is 16.2. The third-order valence-corrected chi connectivity index (χ3v) is 6.39. The van der Waals surface area contributed by atoms with E-state index in [9.17, 15) is 9.59 Å². The van der Waals surface area contributed by atoms with Gasteiger partial charge in [0.25, 0.3) is 0 Å². The van der Waals surface area contributed by atoms with E-state index in [0.717, 1.165) is 84.2 Å². The van der Waals surface area contributed by atoms with Crippen molar-refractivity contribution >= 4 is 11.8 Å². The van der Waals surface area contributed by atoms with Gasteiger partial charge in [0, 0.05) is 44.7 Å². The number of carbonyl (C=O) groups is 2. The molecule has 25 heavy (non-hydrogen) atoms. The summed E-state index contributed by atoms with van der Waals surface area (Å²) in [6.45, 7) is 5.52. The molecule has 3 heterocycles. The van der Waals surface area contributed by atoms with E-state index >= 15 is 0 Å². The van der Waals surface area contributed by atoms with Gasteiger partial charge in [0.2, 0.25) is 11.8 Å². The fourth-order valence-corrected chi connectivity index (χ4v) is 4.68. The molecule has 0 radical (unpaired) electrons. The van der Waals surface area contributed by atoms with Gasteiger partial charge in [0.1, 0.15) is 0 Å². The van der Waals surface area contributed by atoms with Gasteiger partial charge in [-0.25, -0.2) is 0 Å². The van der Waals surface area contributed by atoms with Gasteiger partial charge in [-0.15, -0.1) is 0 Å². The number of amides is 2. The molecule has 5 heteroatoms. The summed E-state index contributed by atoms with van der Waals surface area (Å²) < 4.78 is 0. The largest absolute Gasteiger partial charge is 0.342 e. The first-order valence-corrected chi connectivity index (χ1v) is 10.2. The van der Waals surface area contributed by atoms with Crippen molar-refractivity contribution in [3.63, 3.8) is 0 Å². The first kappa shape index (κ1) is 17.1. The van der Waals surface area contributed by atoms with Crippen molar-refractivity contribution in [1.29, 1.82) is 0 Å². The Morgan fingerprint density at radius 1 is 0.760 bits per heavy atom. The number of rotatable bonds is 3. The molecule has 138 valence electrons. The molecule has 3 aliphatic heterocycles. The molecule has 1 aliphatic carbocycles. The fourth-order valence-electron chi connectivity index (χ4n) is 4.68. The molecule has 5 nitrogen and oxygen atoms in total. The van der Waals surface area contributed by atoms with E-state index in [2.05, 4.69) is 22.0 Å². The van der Waals surface area contributed by atoms with Crippen LogP contribution in [-0.2, 0) is 9.59 Å². The van der Waals surface area contributed by atoms with E-state index in [0.29, 0.717) is 23.8 Å². The smallest absolute Gasteiger partial charge is 0.227 e. The molecule has 0 spiro atoms. The van der Waals surface area contributed by atoms with Crippen LogP contribution in [0, 0.1) is 11.8 Å². The lowest BCUT2D eigenvalue weighted by atomic mass is 9.92. The average molecular weight is 345 g/mol. The van der Waals surface area contributed by atoms with Crippen molar-refractivity contribution < 1.29 is 9.59 Å². The Labute approximate surface area is 151 Å². The van der Waals surface area contributed by atoms with Gasteiger partial charge >= 0.3 is 0 Å². The highest BCUT2D eigenvalue weighted by Crippen LogP contribution is 2.33. The van der Waals surface area contributed by atoms with Gasteiger partial charge in [-0.05, 0) is 51.5 Å². The van der Waals surface area contributed by atoms with Gasteiger partial charge in [-0.1, -0.05) is 12.2 Å². The van der Waals surface area contributed by atoms with Crippen molar-refractivity contribution in [3.05, 3.63) is 12.2 Å². The summed E-state index contributed by atoms with van der Waals surface area (Å²) in [5, 5.41) is 0. The molecular weight excluding hydrogens is 314 g/mol. The first-order valence-electron chi connectivity index (χ1n) is 10.2. The predicted molar refractivity (Wildman–Crippen MR) is 97.0 cm³/mol. The van der Waals surface area contributed by atoms with Crippen LogP contribution in [0.4, 0.5) is 0 Å². The molecule has 0 N–H and O–H groups in total. The third kappa shape index (κ3) is 3.91. The van der Waals surface area contributed by atoms with Gasteiger partial charge in [0.15, 0.2) is 0 Å². The summed E-state index contributed by atoms with van der Waals surface area (Å²) in [5.41, 5.74) is 0. The Balaban J connectivity index is 1.28. The Bertz CT molecular complexity index is 535. The third-order valence-electron chi connectivity index (χ3n) is 6.39. The molecule has 0 aromatic carbocycles. The number of nitrogens with zero attached hydrogens (tertiary/aromatic N) is 3. The van der Waals surface area contributed by atoms with E-state index in [4.69, 9.17) is 0 Å². The van der Waals surface area contributed by atoms with Crippen molar-refractivity contribution in [2.45, 2.75) is 51.0 Å². The Hall–Kier alpha value is -1.36. The number of hydrogen-bond acceptors (Lipinski definition) is 3. The minimum Gasteiger partial charge on any atom is -0.342 e. The zero-order valence-corrected chi connectivity index (χ0v) is 15.2. The van der Waals surface area contributed by atoms with Crippen LogP contribution in [0.2, 0.25) is 0 Å². The molecule has 1 saturated carbocycles. The lowest BCUT2D eigenvalue weighted by molar-refractivity contribution is -0.137.